The lowest BCUT2D eigenvalue weighted by molar-refractivity contribution is -0.117. The highest BCUT2D eigenvalue weighted by Crippen LogP contribution is 2.23. The molecule has 1 aliphatic rings. The summed E-state index contributed by atoms with van der Waals surface area (Å²) in [6, 6.07) is 0.282. The van der Waals surface area contributed by atoms with E-state index in [2.05, 4.69) is 27.2 Å². The Morgan fingerprint density at radius 3 is 2.65 bits per heavy atom. The van der Waals surface area contributed by atoms with Gasteiger partial charge >= 0.3 is 0 Å². The van der Waals surface area contributed by atoms with E-state index in [9.17, 15) is 9.59 Å². The molecule has 1 aromatic heterocycles. The second-order valence-electron chi connectivity index (χ2n) is 4.58. The van der Waals surface area contributed by atoms with Crippen LogP contribution in [0.5, 0.6) is 0 Å². The number of nitrogens with zero attached hydrogens (tertiary/aromatic N) is 2. The average molecular weight is 276 g/mol. The summed E-state index contributed by atoms with van der Waals surface area (Å²) < 4.78 is 0. The quantitative estimate of drug-likeness (QED) is 0.530. The zero-order chi connectivity index (χ0) is 14.7. The smallest absolute Gasteiger partial charge is 0.254 e. The predicted octanol–water partition coefficient (Wildman–Crippen LogP) is -0.597. The zero-order valence-electron chi connectivity index (χ0n) is 10.8. The van der Waals surface area contributed by atoms with E-state index < -0.39 is 5.91 Å². The van der Waals surface area contributed by atoms with Gasteiger partial charge in [-0.3, -0.25) is 9.59 Å². The lowest BCUT2D eigenvalue weighted by Gasteiger charge is -2.36. The number of aromatic nitrogens is 2. The van der Waals surface area contributed by atoms with Gasteiger partial charge in [-0.05, 0) is 18.9 Å². The molecule has 1 aromatic rings. The van der Waals surface area contributed by atoms with Crippen LogP contribution in [0.1, 0.15) is 23.2 Å². The van der Waals surface area contributed by atoms with Gasteiger partial charge in [0.25, 0.3) is 5.91 Å². The molecule has 106 valence electrons. The molecule has 8 heteroatoms. The molecule has 0 bridgehead atoms. The molecule has 1 saturated carbocycles. The Bertz CT molecular complexity index is 553. The van der Waals surface area contributed by atoms with Crippen LogP contribution >= 0.6 is 0 Å². The lowest BCUT2D eigenvalue weighted by Crippen LogP contribution is -2.49. The fourth-order valence-electron chi connectivity index (χ4n) is 1.95. The van der Waals surface area contributed by atoms with Crippen LogP contribution in [0, 0.1) is 0 Å². The van der Waals surface area contributed by atoms with Crippen molar-refractivity contribution in [1.82, 2.24) is 15.3 Å². The van der Waals surface area contributed by atoms with Gasteiger partial charge in [-0.15, -0.1) is 0 Å². The van der Waals surface area contributed by atoms with Crippen molar-refractivity contribution in [2.24, 2.45) is 5.73 Å². The number of carbonyl (C=O) groups excluding carboxylic acids is 2. The first kappa shape index (κ1) is 13.8. The Balaban J connectivity index is 1.87. The van der Waals surface area contributed by atoms with Crippen LogP contribution < -0.4 is 22.1 Å². The summed E-state index contributed by atoms with van der Waals surface area (Å²) in [4.78, 5) is 30.0. The molecule has 0 spiro atoms. The summed E-state index contributed by atoms with van der Waals surface area (Å²) in [6.07, 6.45) is 4.07. The van der Waals surface area contributed by atoms with Crippen molar-refractivity contribution in [2.75, 3.05) is 11.1 Å². The summed E-state index contributed by atoms with van der Waals surface area (Å²) in [6.45, 7) is 3.39. The predicted molar refractivity (Wildman–Crippen MR) is 73.7 cm³/mol. The van der Waals surface area contributed by atoms with E-state index >= 15 is 0 Å². The van der Waals surface area contributed by atoms with Crippen molar-refractivity contribution in [1.29, 1.82) is 0 Å². The standard InChI is InChI=1S/C12H16N6O2/c1-2-9(19)16-6-3-7(4-6)17-12-15-5-8(11(14)20)10(13)18-12/h2,5-7H,1,3-4H2,(H2,14,20)(H,16,19)(H3,13,15,17,18). The normalized spacial score (nSPS) is 20.6. The van der Waals surface area contributed by atoms with Crippen LogP contribution in [0.15, 0.2) is 18.9 Å². The average Bonchev–Trinajstić information content (AvgIpc) is 2.35. The number of carbonyl (C=O) groups is 2. The molecule has 0 aliphatic heterocycles. The molecule has 1 heterocycles. The number of nitrogen functional groups attached to an aromatic ring is 1. The van der Waals surface area contributed by atoms with Gasteiger partial charge in [0.2, 0.25) is 11.9 Å². The van der Waals surface area contributed by atoms with E-state index in [1.807, 2.05) is 0 Å². The highest BCUT2D eigenvalue weighted by atomic mass is 16.1. The third-order valence-corrected chi connectivity index (χ3v) is 3.09. The Morgan fingerprint density at radius 2 is 2.10 bits per heavy atom. The monoisotopic (exact) mass is 276 g/mol. The van der Waals surface area contributed by atoms with Gasteiger partial charge in [-0.1, -0.05) is 6.58 Å². The fourth-order valence-corrected chi connectivity index (χ4v) is 1.95. The first-order chi connectivity index (χ1) is 9.49. The van der Waals surface area contributed by atoms with Crippen molar-refractivity contribution >= 4 is 23.6 Å². The molecule has 0 aromatic carbocycles. The molecule has 2 amide bonds. The second kappa shape index (κ2) is 5.55. The summed E-state index contributed by atoms with van der Waals surface area (Å²) >= 11 is 0. The Morgan fingerprint density at radius 1 is 1.40 bits per heavy atom. The lowest BCUT2D eigenvalue weighted by atomic mass is 9.87. The third-order valence-electron chi connectivity index (χ3n) is 3.09. The van der Waals surface area contributed by atoms with Gasteiger partial charge in [-0.25, -0.2) is 4.98 Å². The number of anilines is 2. The van der Waals surface area contributed by atoms with Crippen LogP contribution in [-0.2, 0) is 4.79 Å². The first-order valence-corrected chi connectivity index (χ1v) is 6.11. The highest BCUT2D eigenvalue weighted by Gasteiger charge is 2.30. The number of amides is 2. The van der Waals surface area contributed by atoms with E-state index in [4.69, 9.17) is 11.5 Å². The Labute approximate surface area is 115 Å². The molecule has 0 saturated heterocycles. The molecule has 8 nitrogen and oxygen atoms in total. The fraction of sp³-hybridized carbons (Fsp3) is 0.333. The zero-order valence-corrected chi connectivity index (χ0v) is 10.8. The van der Waals surface area contributed by atoms with Gasteiger partial charge in [0.05, 0.1) is 5.56 Å². The van der Waals surface area contributed by atoms with Gasteiger partial charge < -0.3 is 22.1 Å². The summed E-state index contributed by atoms with van der Waals surface area (Å²) in [5.41, 5.74) is 10.8. The van der Waals surface area contributed by atoms with Crippen molar-refractivity contribution < 1.29 is 9.59 Å². The Kier molecular flexibility index (Phi) is 3.83. The topological polar surface area (TPSA) is 136 Å². The maximum atomic E-state index is 11.1. The van der Waals surface area contributed by atoms with Crippen molar-refractivity contribution in [3.05, 3.63) is 24.4 Å². The molecular weight excluding hydrogens is 260 g/mol. The Hall–Kier alpha value is -2.64. The molecule has 0 radical (unpaired) electrons. The SMILES string of the molecule is C=CC(=O)NC1CC(Nc2ncc(C(N)=O)c(N)n2)C1. The number of hydrogen-bond donors (Lipinski definition) is 4. The minimum Gasteiger partial charge on any atom is -0.383 e. The van der Waals surface area contributed by atoms with Crippen LogP contribution in [0.3, 0.4) is 0 Å². The highest BCUT2D eigenvalue weighted by molar-refractivity contribution is 5.96. The van der Waals surface area contributed by atoms with Crippen molar-refractivity contribution in [2.45, 2.75) is 24.9 Å². The summed E-state index contributed by atoms with van der Waals surface area (Å²) in [5, 5.41) is 5.87. The molecule has 2 rings (SSSR count). The molecule has 0 unspecified atom stereocenters. The van der Waals surface area contributed by atoms with E-state index in [0.717, 1.165) is 12.8 Å². The molecular formula is C12H16N6O2. The van der Waals surface area contributed by atoms with E-state index in [1.165, 1.54) is 12.3 Å². The van der Waals surface area contributed by atoms with Gasteiger partial charge in [0, 0.05) is 18.3 Å². The molecule has 6 N–H and O–H groups in total. The number of nitrogens with one attached hydrogen (secondary N) is 2. The van der Waals surface area contributed by atoms with Gasteiger partial charge in [0.15, 0.2) is 0 Å². The van der Waals surface area contributed by atoms with Gasteiger partial charge in [-0.2, -0.15) is 4.98 Å². The van der Waals surface area contributed by atoms with Crippen LogP contribution in [0.2, 0.25) is 0 Å². The molecule has 20 heavy (non-hydrogen) atoms. The number of hydrogen-bond acceptors (Lipinski definition) is 6. The number of nitrogens with two attached hydrogens (primary N) is 2. The number of primary amides is 1. The van der Waals surface area contributed by atoms with Crippen LogP contribution in [-0.4, -0.2) is 33.9 Å². The maximum Gasteiger partial charge on any atom is 0.254 e. The van der Waals surface area contributed by atoms with Crippen LogP contribution in [0.4, 0.5) is 11.8 Å². The van der Waals surface area contributed by atoms with Crippen LogP contribution in [0.25, 0.3) is 0 Å². The number of rotatable bonds is 5. The van der Waals surface area contributed by atoms with E-state index in [-0.39, 0.29) is 29.4 Å². The summed E-state index contributed by atoms with van der Waals surface area (Å²) in [5.74, 6) is -0.457. The molecule has 1 fully saturated rings. The third kappa shape index (κ3) is 3.02. The van der Waals surface area contributed by atoms with Crippen molar-refractivity contribution in [3.8, 4) is 0 Å². The van der Waals surface area contributed by atoms with Crippen molar-refractivity contribution in [3.63, 3.8) is 0 Å². The van der Waals surface area contributed by atoms with E-state index in [0.29, 0.717) is 5.95 Å². The summed E-state index contributed by atoms with van der Waals surface area (Å²) in [7, 11) is 0. The minimum atomic E-state index is -0.662. The minimum absolute atomic E-state index is 0.0471. The van der Waals surface area contributed by atoms with E-state index in [1.54, 1.807) is 0 Å². The van der Waals surface area contributed by atoms with Gasteiger partial charge in [0.1, 0.15) is 5.82 Å². The molecule has 0 atom stereocenters. The first-order valence-electron chi connectivity index (χ1n) is 6.11. The largest absolute Gasteiger partial charge is 0.383 e. The molecule has 1 aliphatic carbocycles. The maximum absolute atomic E-state index is 11.1. The second-order valence-corrected chi connectivity index (χ2v) is 4.58.